The van der Waals surface area contributed by atoms with Crippen molar-refractivity contribution in [1.29, 1.82) is 0 Å². The van der Waals surface area contributed by atoms with Crippen LogP contribution in [0, 0.1) is 5.92 Å². The van der Waals surface area contributed by atoms with Gasteiger partial charge in [0.2, 0.25) is 0 Å². The molecule has 1 atom stereocenters. The predicted octanol–water partition coefficient (Wildman–Crippen LogP) is 3.85. The van der Waals surface area contributed by atoms with Gasteiger partial charge in [-0.3, -0.25) is 0 Å². The third-order valence-electron chi connectivity index (χ3n) is 2.55. The Bertz CT molecular complexity index is 216. The Kier molecular flexibility index (Phi) is 2.62. The fourth-order valence-corrected chi connectivity index (χ4v) is 3.95. The molecule has 0 radical (unpaired) electrons. The molecule has 0 fully saturated rings. The van der Waals surface area contributed by atoms with Gasteiger partial charge in [0.1, 0.15) is 0 Å². The van der Waals surface area contributed by atoms with Gasteiger partial charge in [0.05, 0.1) is 8.07 Å². The van der Waals surface area contributed by atoms with E-state index in [1.54, 1.807) is 5.57 Å². The molecule has 68 valence electrons. The normalized spacial score (nSPS) is 23.5. The van der Waals surface area contributed by atoms with Crippen molar-refractivity contribution in [3.05, 3.63) is 23.8 Å². The van der Waals surface area contributed by atoms with Crippen molar-refractivity contribution in [2.24, 2.45) is 5.92 Å². The van der Waals surface area contributed by atoms with Crippen LogP contribution in [0.4, 0.5) is 0 Å². The van der Waals surface area contributed by atoms with E-state index in [2.05, 4.69) is 51.7 Å². The van der Waals surface area contributed by atoms with Crippen molar-refractivity contribution in [1.82, 2.24) is 0 Å². The highest BCUT2D eigenvalue weighted by Crippen LogP contribution is 2.38. The van der Waals surface area contributed by atoms with Crippen LogP contribution >= 0.6 is 0 Å². The van der Waals surface area contributed by atoms with E-state index in [0.717, 1.165) is 11.5 Å². The minimum Gasteiger partial charge on any atom is -0.0801 e. The molecular weight excluding hydrogens is 160 g/mol. The first kappa shape index (κ1) is 9.78. The lowest BCUT2D eigenvalue weighted by atomic mass is 10.0. The van der Waals surface area contributed by atoms with Crippen molar-refractivity contribution in [2.45, 2.75) is 39.0 Å². The fraction of sp³-hybridized carbons (Fsp3) is 0.636. The minimum atomic E-state index is -1.01. The number of hydrogen-bond donors (Lipinski definition) is 0. The Morgan fingerprint density at radius 3 is 2.17 bits per heavy atom. The molecule has 0 aromatic rings. The van der Waals surface area contributed by atoms with Gasteiger partial charge in [-0.25, -0.2) is 0 Å². The molecule has 1 unspecified atom stereocenters. The van der Waals surface area contributed by atoms with Crippen LogP contribution in [0.15, 0.2) is 23.8 Å². The zero-order valence-corrected chi connectivity index (χ0v) is 9.89. The largest absolute Gasteiger partial charge is 0.0801 e. The molecule has 0 spiro atoms. The van der Waals surface area contributed by atoms with E-state index < -0.39 is 8.07 Å². The zero-order chi connectivity index (χ0) is 9.35. The summed E-state index contributed by atoms with van der Waals surface area (Å²) in [5.74, 6) is 0.719. The molecule has 1 rings (SSSR count). The van der Waals surface area contributed by atoms with Gasteiger partial charge in [-0.2, -0.15) is 0 Å². The van der Waals surface area contributed by atoms with Gasteiger partial charge in [-0.15, -0.1) is 0 Å². The molecule has 0 nitrogen and oxygen atoms in total. The fourth-order valence-electron chi connectivity index (χ4n) is 1.83. The Balaban J connectivity index is 2.81. The van der Waals surface area contributed by atoms with E-state index in [0.29, 0.717) is 0 Å². The molecule has 0 saturated heterocycles. The van der Waals surface area contributed by atoms with Gasteiger partial charge < -0.3 is 0 Å². The second-order valence-corrected chi connectivity index (χ2v) is 10.4. The van der Waals surface area contributed by atoms with Crippen molar-refractivity contribution in [3.63, 3.8) is 0 Å². The molecule has 0 aliphatic heterocycles. The minimum absolute atomic E-state index is 0.719. The van der Waals surface area contributed by atoms with E-state index in [1.165, 1.54) is 0 Å². The molecule has 0 bridgehead atoms. The maximum absolute atomic E-state index is 2.45. The quantitative estimate of drug-likeness (QED) is 0.566. The summed E-state index contributed by atoms with van der Waals surface area (Å²) in [5, 5.41) is 0. The van der Waals surface area contributed by atoms with Gasteiger partial charge in [0.25, 0.3) is 0 Å². The van der Waals surface area contributed by atoms with Crippen molar-refractivity contribution < 1.29 is 0 Å². The average molecular weight is 180 g/mol. The molecule has 0 heterocycles. The molecular formula is C11H20Si. The van der Waals surface area contributed by atoms with Crippen LogP contribution < -0.4 is 0 Å². The van der Waals surface area contributed by atoms with Crippen molar-refractivity contribution in [3.8, 4) is 0 Å². The summed E-state index contributed by atoms with van der Waals surface area (Å²) < 4.78 is 0. The maximum atomic E-state index is 2.45. The van der Waals surface area contributed by atoms with Crippen molar-refractivity contribution >= 4 is 8.07 Å². The lowest BCUT2D eigenvalue weighted by Crippen LogP contribution is -2.28. The van der Waals surface area contributed by atoms with Gasteiger partial charge >= 0.3 is 0 Å². The van der Waals surface area contributed by atoms with Crippen LogP contribution in [0.25, 0.3) is 0 Å². The summed E-state index contributed by atoms with van der Waals surface area (Å²) in [7, 11) is -1.01. The number of hydrogen-bond acceptors (Lipinski definition) is 0. The van der Waals surface area contributed by atoms with Gasteiger partial charge in [0, 0.05) is 0 Å². The van der Waals surface area contributed by atoms with E-state index in [9.17, 15) is 0 Å². The lowest BCUT2D eigenvalue weighted by Gasteiger charge is -2.28. The predicted molar refractivity (Wildman–Crippen MR) is 59.2 cm³/mol. The second-order valence-electron chi connectivity index (χ2n) is 5.05. The molecule has 1 aliphatic rings. The van der Waals surface area contributed by atoms with Crippen LogP contribution in [0.5, 0.6) is 0 Å². The van der Waals surface area contributed by atoms with Crippen LogP contribution in [0.1, 0.15) is 13.8 Å². The van der Waals surface area contributed by atoms with E-state index in [-0.39, 0.29) is 0 Å². The Morgan fingerprint density at radius 2 is 1.83 bits per heavy atom. The third-order valence-corrected chi connectivity index (χ3v) is 4.94. The van der Waals surface area contributed by atoms with Gasteiger partial charge in [-0.1, -0.05) is 57.3 Å². The van der Waals surface area contributed by atoms with Crippen LogP contribution in [0.3, 0.4) is 0 Å². The summed E-state index contributed by atoms with van der Waals surface area (Å²) in [6.45, 7) is 11.9. The summed E-state index contributed by atoms with van der Waals surface area (Å²) in [6.07, 6.45) is 6.94. The first-order valence-corrected chi connectivity index (χ1v) is 8.39. The van der Waals surface area contributed by atoms with Crippen molar-refractivity contribution in [2.75, 3.05) is 0 Å². The number of allylic oxidation sites excluding steroid dienone is 4. The first-order chi connectivity index (χ1) is 5.43. The molecule has 0 aromatic heterocycles. The highest BCUT2D eigenvalue weighted by molar-refractivity contribution is 6.78. The van der Waals surface area contributed by atoms with Crippen LogP contribution in [-0.4, -0.2) is 8.07 Å². The molecule has 0 N–H and O–H groups in total. The maximum Gasteiger partial charge on any atom is 0.0561 e. The summed E-state index contributed by atoms with van der Waals surface area (Å²) >= 11 is 0. The van der Waals surface area contributed by atoms with Crippen LogP contribution in [0.2, 0.25) is 25.2 Å². The van der Waals surface area contributed by atoms with E-state index in [1.807, 2.05) is 0 Å². The first-order valence-electron chi connectivity index (χ1n) is 4.81. The topological polar surface area (TPSA) is 0 Å². The lowest BCUT2D eigenvalue weighted by molar-refractivity contribution is 0.746. The summed E-state index contributed by atoms with van der Waals surface area (Å²) in [4.78, 5) is 0. The average Bonchev–Trinajstić information content (AvgIpc) is 2.30. The van der Waals surface area contributed by atoms with Gasteiger partial charge in [0.15, 0.2) is 0 Å². The Labute approximate surface area is 77.4 Å². The van der Waals surface area contributed by atoms with Crippen LogP contribution in [-0.2, 0) is 0 Å². The SMILES string of the molecule is CC(C)C1=CC=CC1[Si](C)(C)C. The molecule has 0 saturated carbocycles. The van der Waals surface area contributed by atoms with E-state index in [4.69, 9.17) is 0 Å². The highest BCUT2D eigenvalue weighted by Gasteiger charge is 2.30. The standard InChI is InChI=1S/C11H20Si/c1-9(2)10-7-6-8-11(10)12(3,4)5/h6-9,11H,1-5H3. The molecule has 0 aromatic carbocycles. The molecule has 12 heavy (non-hydrogen) atoms. The monoisotopic (exact) mass is 180 g/mol. The number of rotatable bonds is 2. The molecule has 1 heteroatoms. The summed E-state index contributed by atoms with van der Waals surface area (Å²) in [5.41, 5.74) is 2.44. The Hall–Kier alpha value is -0.303. The molecule has 0 amide bonds. The highest BCUT2D eigenvalue weighted by atomic mass is 28.3. The third kappa shape index (κ3) is 1.89. The zero-order valence-electron chi connectivity index (χ0n) is 8.89. The smallest absolute Gasteiger partial charge is 0.0561 e. The van der Waals surface area contributed by atoms with Gasteiger partial charge in [-0.05, 0) is 11.5 Å². The second kappa shape index (κ2) is 3.21. The Morgan fingerprint density at radius 1 is 1.25 bits per heavy atom. The summed E-state index contributed by atoms with van der Waals surface area (Å²) in [6, 6.07) is 0. The van der Waals surface area contributed by atoms with E-state index >= 15 is 0 Å². The molecule has 1 aliphatic carbocycles.